The quantitative estimate of drug-likeness (QED) is 0.830. The van der Waals surface area contributed by atoms with Gasteiger partial charge in [-0.2, -0.15) is 0 Å². The summed E-state index contributed by atoms with van der Waals surface area (Å²) in [6, 6.07) is 0. The van der Waals surface area contributed by atoms with Gasteiger partial charge in [0, 0.05) is 32.8 Å². The third kappa shape index (κ3) is 2.96. The van der Waals surface area contributed by atoms with Gasteiger partial charge in [0.25, 0.3) is 5.91 Å². The molecule has 1 spiro atoms. The summed E-state index contributed by atoms with van der Waals surface area (Å²) in [7, 11) is 0. The predicted octanol–water partition coefficient (Wildman–Crippen LogP) is 2.33. The lowest BCUT2D eigenvalue weighted by molar-refractivity contribution is 0.0191. The van der Waals surface area contributed by atoms with Crippen LogP contribution in [0.25, 0.3) is 0 Å². The van der Waals surface area contributed by atoms with Gasteiger partial charge in [0.2, 0.25) is 0 Å². The van der Waals surface area contributed by atoms with E-state index in [0.717, 1.165) is 50.7 Å². The number of alkyl halides is 1. The summed E-state index contributed by atoms with van der Waals surface area (Å²) >= 11 is 1.39. The molecule has 0 saturated carbocycles. The molecule has 7 heteroatoms. The van der Waals surface area contributed by atoms with Gasteiger partial charge >= 0.3 is 0 Å². The maximum absolute atomic E-state index is 13.3. The van der Waals surface area contributed by atoms with Gasteiger partial charge in [-0.05, 0) is 31.1 Å². The molecule has 0 aromatic carbocycles. The van der Waals surface area contributed by atoms with Gasteiger partial charge < -0.3 is 14.5 Å². The van der Waals surface area contributed by atoms with Crippen LogP contribution in [0.4, 0.5) is 9.52 Å². The van der Waals surface area contributed by atoms with Crippen molar-refractivity contribution in [2.24, 2.45) is 5.41 Å². The lowest BCUT2D eigenvalue weighted by Crippen LogP contribution is -2.35. The van der Waals surface area contributed by atoms with E-state index in [9.17, 15) is 9.18 Å². The highest BCUT2D eigenvalue weighted by molar-refractivity contribution is 7.17. The summed E-state index contributed by atoms with van der Waals surface area (Å²) in [5.74, 6) is 0.0770. The lowest BCUT2D eigenvalue weighted by atomic mass is 9.80. The van der Waals surface area contributed by atoms with E-state index in [1.54, 1.807) is 6.20 Å². The van der Waals surface area contributed by atoms with Crippen LogP contribution in [-0.4, -0.2) is 61.4 Å². The van der Waals surface area contributed by atoms with Crippen LogP contribution in [0, 0.1) is 5.41 Å². The lowest BCUT2D eigenvalue weighted by Gasteiger charge is -2.33. The fourth-order valence-corrected chi connectivity index (χ4v) is 4.80. The zero-order valence-electron chi connectivity index (χ0n) is 13.2. The Kier molecular flexibility index (Phi) is 4.01. The van der Waals surface area contributed by atoms with Crippen LogP contribution in [0.5, 0.6) is 0 Å². The fraction of sp³-hybridized carbons (Fsp3) is 0.750. The summed E-state index contributed by atoms with van der Waals surface area (Å²) in [6.07, 6.45) is 4.61. The number of thiazole rings is 1. The van der Waals surface area contributed by atoms with Gasteiger partial charge in [0.15, 0.2) is 5.13 Å². The van der Waals surface area contributed by atoms with Crippen molar-refractivity contribution in [2.45, 2.75) is 31.9 Å². The molecule has 1 aromatic rings. The van der Waals surface area contributed by atoms with Crippen LogP contribution in [0.3, 0.4) is 0 Å². The smallest absolute Gasteiger partial charge is 0.265 e. The summed E-state index contributed by atoms with van der Waals surface area (Å²) in [6.45, 7) is 4.36. The van der Waals surface area contributed by atoms with Gasteiger partial charge in [0.05, 0.1) is 12.7 Å². The van der Waals surface area contributed by atoms with Crippen molar-refractivity contribution >= 4 is 22.4 Å². The van der Waals surface area contributed by atoms with Crippen LogP contribution in [0.15, 0.2) is 6.20 Å². The number of likely N-dealkylation sites (tertiary alicyclic amines) is 1. The van der Waals surface area contributed by atoms with E-state index in [-0.39, 0.29) is 11.3 Å². The van der Waals surface area contributed by atoms with E-state index in [1.807, 2.05) is 9.80 Å². The van der Waals surface area contributed by atoms with Gasteiger partial charge in [-0.1, -0.05) is 11.3 Å². The zero-order valence-corrected chi connectivity index (χ0v) is 14.0. The van der Waals surface area contributed by atoms with Crippen molar-refractivity contribution in [3.63, 3.8) is 0 Å². The van der Waals surface area contributed by atoms with Crippen molar-refractivity contribution in [3.8, 4) is 0 Å². The largest absolute Gasteiger partial charge is 0.381 e. The van der Waals surface area contributed by atoms with Crippen LogP contribution >= 0.6 is 11.3 Å². The average Bonchev–Trinajstić information content (AvgIpc) is 3.27. The molecule has 1 amide bonds. The fourth-order valence-electron chi connectivity index (χ4n) is 3.88. The molecule has 0 N–H and O–H groups in total. The van der Waals surface area contributed by atoms with Crippen molar-refractivity contribution in [2.75, 3.05) is 44.3 Å². The molecule has 1 aromatic heterocycles. The predicted molar refractivity (Wildman–Crippen MR) is 86.8 cm³/mol. The Morgan fingerprint density at radius 2 is 2.17 bits per heavy atom. The number of ether oxygens (including phenoxy) is 1. The number of anilines is 1. The number of halogens is 1. The minimum atomic E-state index is -0.773. The number of carbonyl (C=O) groups is 1. The standard InChI is InChI=1S/C16H22FN3O2S/c17-12-1-5-19(10-12)15-18-9-13(23-15)14(21)20-6-2-16(11-20)3-7-22-8-4-16/h9,12H,1-8,10-11H2/t12-/m1/s1. The maximum atomic E-state index is 13.3. The van der Waals surface area contributed by atoms with Gasteiger partial charge in [0.1, 0.15) is 11.0 Å². The Balaban J connectivity index is 1.42. The number of carbonyl (C=O) groups excluding carboxylic acids is 1. The average molecular weight is 339 g/mol. The normalized spacial score (nSPS) is 27.1. The molecule has 3 aliphatic heterocycles. The maximum Gasteiger partial charge on any atom is 0.265 e. The first kappa shape index (κ1) is 15.3. The molecule has 0 unspecified atom stereocenters. The van der Waals surface area contributed by atoms with Crippen molar-refractivity contribution in [3.05, 3.63) is 11.1 Å². The number of nitrogens with zero attached hydrogens (tertiary/aromatic N) is 3. The second-order valence-electron chi connectivity index (χ2n) is 6.93. The topological polar surface area (TPSA) is 45.7 Å². The van der Waals surface area contributed by atoms with E-state index < -0.39 is 6.17 Å². The molecule has 0 radical (unpaired) electrons. The van der Waals surface area contributed by atoms with Crippen LogP contribution in [-0.2, 0) is 4.74 Å². The molecule has 0 aliphatic carbocycles. The Morgan fingerprint density at radius 3 is 2.91 bits per heavy atom. The van der Waals surface area contributed by atoms with Crippen molar-refractivity contribution < 1.29 is 13.9 Å². The third-order valence-electron chi connectivity index (χ3n) is 5.38. The molecular formula is C16H22FN3O2S. The Hall–Kier alpha value is -1.21. The molecule has 5 nitrogen and oxygen atoms in total. The number of hydrogen-bond donors (Lipinski definition) is 0. The summed E-state index contributed by atoms with van der Waals surface area (Å²) < 4.78 is 18.8. The molecule has 23 heavy (non-hydrogen) atoms. The first-order valence-electron chi connectivity index (χ1n) is 8.37. The second kappa shape index (κ2) is 6.02. The zero-order chi connectivity index (χ0) is 15.9. The molecule has 4 rings (SSSR count). The minimum Gasteiger partial charge on any atom is -0.381 e. The Morgan fingerprint density at radius 1 is 1.35 bits per heavy atom. The van der Waals surface area contributed by atoms with E-state index in [4.69, 9.17) is 4.74 Å². The number of aromatic nitrogens is 1. The first-order chi connectivity index (χ1) is 11.2. The molecule has 3 aliphatic rings. The molecule has 126 valence electrons. The molecule has 3 saturated heterocycles. The second-order valence-corrected chi connectivity index (χ2v) is 7.94. The first-order valence-corrected chi connectivity index (χ1v) is 9.19. The number of rotatable bonds is 2. The highest BCUT2D eigenvalue weighted by Crippen LogP contribution is 2.40. The van der Waals surface area contributed by atoms with Crippen LogP contribution in [0.2, 0.25) is 0 Å². The van der Waals surface area contributed by atoms with E-state index in [2.05, 4.69) is 4.98 Å². The number of hydrogen-bond acceptors (Lipinski definition) is 5. The summed E-state index contributed by atoms with van der Waals surface area (Å²) in [4.78, 5) is 21.7. The molecular weight excluding hydrogens is 317 g/mol. The van der Waals surface area contributed by atoms with Gasteiger partial charge in [-0.25, -0.2) is 9.37 Å². The third-order valence-corrected chi connectivity index (χ3v) is 6.43. The van der Waals surface area contributed by atoms with Crippen LogP contribution < -0.4 is 4.90 Å². The summed E-state index contributed by atoms with van der Waals surface area (Å²) in [5, 5.41) is 0.772. The van der Waals surface area contributed by atoms with Crippen LogP contribution in [0.1, 0.15) is 35.4 Å². The molecule has 1 atom stereocenters. The van der Waals surface area contributed by atoms with E-state index in [0.29, 0.717) is 24.4 Å². The van der Waals surface area contributed by atoms with Gasteiger partial charge in [-0.15, -0.1) is 0 Å². The highest BCUT2D eigenvalue weighted by Gasteiger charge is 2.41. The van der Waals surface area contributed by atoms with Gasteiger partial charge in [-0.3, -0.25) is 4.79 Å². The highest BCUT2D eigenvalue weighted by atomic mass is 32.1. The molecule has 4 heterocycles. The Bertz CT molecular complexity index is 588. The van der Waals surface area contributed by atoms with E-state index >= 15 is 0 Å². The van der Waals surface area contributed by atoms with Crippen molar-refractivity contribution in [1.29, 1.82) is 0 Å². The molecule has 3 fully saturated rings. The number of amides is 1. The monoisotopic (exact) mass is 339 g/mol. The SMILES string of the molecule is O=C(c1cnc(N2CC[C@@H](F)C2)s1)N1CCC2(CCOCC2)C1. The molecule has 0 bridgehead atoms. The minimum absolute atomic E-state index is 0.0770. The summed E-state index contributed by atoms with van der Waals surface area (Å²) in [5.41, 5.74) is 0.262. The Labute approximate surface area is 139 Å². The van der Waals surface area contributed by atoms with E-state index in [1.165, 1.54) is 11.3 Å². The van der Waals surface area contributed by atoms with Crippen molar-refractivity contribution in [1.82, 2.24) is 9.88 Å².